The molecule has 1 N–H and O–H groups in total. The van der Waals surface area contributed by atoms with E-state index in [1.54, 1.807) is 11.3 Å². The number of hydrogen-bond donors (Lipinski definition) is 1. The molecule has 0 aromatic carbocycles. The van der Waals surface area contributed by atoms with E-state index in [1.165, 1.54) is 11.3 Å². The first-order valence-corrected chi connectivity index (χ1v) is 8.26. The van der Waals surface area contributed by atoms with Crippen LogP contribution in [-0.2, 0) is 20.1 Å². The normalized spacial score (nSPS) is 18.7. The van der Waals surface area contributed by atoms with E-state index in [0.717, 1.165) is 50.0 Å². The lowest BCUT2D eigenvalue weighted by molar-refractivity contribution is 0.217. The molecule has 0 saturated carbocycles. The van der Waals surface area contributed by atoms with Gasteiger partial charge in [-0.05, 0) is 32.4 Å². The van der Waals surface area contributed by atoms with E-state index in [0.29, 0.717) is 0 Å². The second-order valence-electron chi connectivity index (χ2n) is 5.74. The van der Waals surface area contributed by atoms with Crippen LogP contribution in [0.4, 0.5) is 0 Å². The molecule has 0 bridgehead atoms. The van der Waals surface area contributed by atoms with Crippen LogP contribution in [0.5, 0.6) is 0 Å². The second kappa shape index (κ2) is 6.64. The Morgan fingerprint density at radius 1 is 1.48 bits per heavy atom. The van der Waals surface area contributed by atoms with Crippen LogP contribution in [0.15, 0.2) is 11.7 Å². The summed E-state index contributed by atoms with van der Waals surface area (Å²) in [6.45, 7) is 7.31. The molecule has 1 saturated heterocycles. The van der Waals surface area contributed by atoms with Gasteiger partial charge in [0.25, 0.3) is 0 Å². The molecule has 7 heteroatoms. The number of aryl methyl sites for hydroxylation is 2. The third-order valence-corrected chi connectivity index (χ3v) is 5.00. The van der Waals surface area contributed by atoms with Gasteiger partial charge in [-0.25, -0.2) is 4.98 Å². The van der Waals surface area contributed by atoms with Gasteiger partial charge in [0.2, 0.25) is 0 Å². The van der Waals surface area contributed by atoms with Crippen LogP contribution in [0.3, 0.4) is 0 Å². The Bertz CT molecular complexity index is 529. The molecule has 0 amide bonds. The molecule has 2 aromatic heterocycles. The first-order valence-electron chi connectivity index (χ1n) is 7.38. The van der Waals surface area contributed by atoms with Gasteiger partial charge in [0, 0.05) is 31.6 Å². The summed E-state index contributed by atoms with van der Waals surface area (Å²) in [7, 11) is 1.95. The fourth-order valence-corrected chi connectivity index (χ4v) is 3.60. The largest absolute Gasteiger partial charge is 0.316 e. The van der Waals surface area contributed by atoms with Gasteiger partial charge in [0.1, 0.15) is 0 Å². The first kappa shape index (κ1) is 14.6. The van der Waals surface area contributed by atoms with Gasteiger partial charge < -0.3 is 5.32 Å². The lowest BCUT2D eigenvalue weighted by Gasteiger charge is -2.24. The molecule has 21 heavy (non-hydrogen) atoms. The van der Waals surface area contributed by atoms with E-state index in [2.05, 4.69) is 32.4 Å². The third-order valence-electron chi connectivity index (χ3n) is 4.08. The molecular weight excluding hydrogens is 284 g/mol. The number of rotatable bonds is 6. The zero-order valence-corrected chi connectivity index (χ0v) is 13.4. The smallest absolute Gasteiger partial charge is 0.0798 e. The van der Waals surface area contributed by atoms with Crippen LogP contribution in [0.1, 0.15) is 22.7 Å². The Hall–Kier alpha value is -1.31. The van der Waals surface area contributed by atoms with Crippen molar-refractivity contribution in [3.05, 3.63) is 28.0 Å². The predicted octanol–water partition coefficient (Wildman–Crippen LogP) is 1.19. The molecule has 0 radical (unpaired) electrons. The van der Waals surface area contributed by atoms with Gasteiger partial charge in [-0.2, -0.15) is 0 Å². The molecular formula is C14H22N6S. The van der Waals surface area contributed by atoms with Gasteiger partial charge in [0.15, 0.2) is 0 Å². The predicted molar refractivity (Wildman–Crippen MR) is 82.9 cm³/mol. The van der Waals surface area contributed by atoms with Crippen LogP contribution in [0, 0.1) is 12.8 Å². The SMILES string of the molecule is Cc1ncsc1CN(Cc1cnnn1C)C[C@H]1CCNC1. The van der Waals surface area contributed by atoms with Crippen molar-refractivity contribution in [1.29, 1.82) is 0 Å². The summed E-state index contributed by atoms with van der Waals surface area (Å²) in [6, 6.07) is 0. The van der Waals surface area contributed by atoms with Crippen molar-refractivity contribution in [2.24, 2.45) is 13.0 Å². The molecule has 0 spiro atoms. The summed E-state index contributed by atoms with van der Waals surface area (Å²) in [5, 5.41) is 11.5. The average Bonchev–Trinajstić information content (AvgIpc) is 3.17. The molecule has 0 unspecified atom stereocenters. The van der Waals surface area contributed by atoms with Crippen molar-refractivity contribution in [2.75, 3.05) is 19.6 Å². The van der Waals surface area contributed by atoms with Crippen LogP contribution < -0.4 is 5.32 Å². The highest BCUT2D eigenvalue weighted by Gasteiger charge is 2.20. The Kier molecular flexibility index (Phi) is 4.62. The van der Waals surface area contributed by atoms with Gasteiger partial charge in [-0.15, -0.1) is 16.4 Å². The van der Waals surface area contributed by atoms with E-state index in [-0.39, 0.29) is 0 Å². The van der Waals surface area contributed by atoms with E-state index in [4.69, 9.17) is 0 Å². The number of hydrogen-bond acceptors (Lipinski definition) is 6. The topological polar surface area (TPSA) is 58.9 Å². The quantitative estimate of drug-likeness (QED) is 0.869. The number of aromatic nitrogens is 4. The summed E-state index contributed by atoms with van der Waals surface area (Å²) in [5.41, 5.74) is 4.24. The van der Waals surface area contributed by atoms with Gasteiger partial charge in [-0.3, -0.25) is 9.58 Å². The standard InChI is InChI=1S/C14H22N6S/c1-11-14(21-10-16-11)9-20(7-12-3-4-15-5-12)8-13-6-17-18-19(13)2/h6,10,12,15H,3-5,7-9H2,1-2H3/t12-/m0/s1. The monoisotopic (exact) mass is 306 g/mol. The molecule has 1 aliphatic rings. The average molecular weight is 306 g/mol. The van der Waals surface area contributed by atoms with Crippen LogP contribution in [0.2, 0.25) is 0 Å². The van der Waals surface area contributed by atoms with Gasteiger partial charge >= 0.3 is 0 Å². The Morgan fingerprint density at radius 2 is 2.38 bits per heavy atom. The van der Waals surface area contributed by atoms with Crippen LogP contribution >= 0.6 is 11.3 Å². The zero-order chi connectivity index (χ0) is 14.7. The van der Waals surface area contributed by atoms with Crippen molar-refractivity contribution in [3.8, 4) is 0 Å². The Balaban J connectivity index is 1.70. The maximum absolute atomic E-state index is 4.37. The third kappa shape index (κ3) is 3.66. The van der Waals surface area contributed by atoms with Crippen molar-refractivity contribution >= 4 is 11.3 Å². The molecule has 1 fully saturated rings. The van der Waals surface area contributed by atoms with E-state index >= 15 is 0 Å². The molecule has 1 atom stereocenters. The number of thiazole rings is 1. The molecule has 3 heterocycles. The molecule has 0 aliphatic carbocycles. The highest BCUT2D eigenvalue weighted by atomic mass is 32.1. The molecule has 3 rings (SSSR count). The summed E-state index contributed by atoms with van der Waals surface area (Å²) >= 11 is 1.75. The fraction of sp³-hybridized carbons (Fsp3) is 0.643. The summed E-state index contributed by atoms with van der Waals surface area (Å²) in [4.78, 5) is 8.22. The minimum absolute atomic E-state index is 0.736. The Morgan fingerprint density at radius 3 is 3.00 bits per heavy atom. The van der Waals surface area contributed by atoms with Crippen molar-refractivity contribution < 1.29 is 0 Å². The molecule has 1 aliphatic heterocycles. The van der Waals surface area contributed by atoms with Crippen molar-refractivity contribution in [2.45, 2.75) is 26.4 Å². The van der Waals surface area contributed by atoms with Gasteiger partial charge in [-0.1, -0.05) is 5.21 Å². The van der Waals surface area contributed by atoms with E-state index in [1.807, 2.05) is 23.4 Å². The van der Waals surface area contributed by atoms with E-state index < -0.39 is 0 Å². The van der Waals surface area contributed by atoms with Crippen molar-refractivity contribution in [3.63, 3.8) is 0 Å². The highest BCUT2D eigenvalue weighted by Crippen LogP contribution is 2.19. The summed E-state index contributed by atoms with van der Waals surface area (Å²) in [6.07, 6.45) is 3.13. The van der Waals surface area contributed by atoms with Crippen molar-refractivity contribution in [1.82, 2.24) is 30.2 Å². The molecule has 6 nitrogen and oxygen atoms in total. The van der Waals surface area contributed by atoms with Crippen LogP contribution in [0.25, 0.3) is 0 Å². The number of nitrogens with zero attached hydrogens (tertiary/aromatic N) is 5. The highest BCUT2D eigenvalue weighted by molar-refractivity contribution is 7.09. The minimum Gasteiger partial charge on any atom is -0.316 e. The fourth-order valence-electron chi connectivity index (χ4n) is 2.78. The zero-order valence-electron chi connectivity index (χ0n) is 12.6. The lowest BCUT2D eigenvalue weighted by Crippen LogP contribution is -2.30. The summed E-state index contributed by atoms with van der Waals surface area (Å²) in [5.74, 6) is 0.736. The molecule has 114 valence electrons. The Labute approximate surface area is 129 Å². The first-order chi connectivity index (χ1) is 10.2. The number of nitrogens with one attached hydrogen (secondary N) is 1. The van der Waals surface area contributed by atoms with E-state index in [9.17, 15) is 0 Å². The molecule has 2 aromatic rings. The maximum atomic E-state index is 4.37. The van der Waals surface area contributed by atoms with Gasteiger partial charge in [0.05, 0.1) is 23.1 Å². The maximum Gasteiger partial charge on any atom is 0.0798 e. The summed E-state index contributed by atoms with van der Waals surface area (Å²) < 4.78 is 1.86. The lowest BCUT2D eigenvalue weighted by atomic mass is 10.1. The van der Waals surface area contributed by atoms with Crippen LogP contribution in [-0.4, -0.2) is 44.5 Å². The minimum atomic E-state index is 0.736. The second-order valence-corrected chi connectivity index (χ2v) is 6.68.